The molecule has 0 aliphatic rings. The predicted molar refractivity (Wildman–Crippen MR) is 208 cm³/mol. The fraction of sp³-hybridized carbons (Fsp3) is 0. The van der Waals surface area contributed by atoms with Crippen LogP contribution in [0.15, 0.2) is 186 Å². The SMILES string of the molecule is [2H]c1c([2H])c([2H])c(-c2c([2H])c([2H])c(-c3ccccc3-c3c4ccccc4c(-c4c([2H])c([2H])c5c(oc6c([2H])c7c([2H])c([2H])c([2H])c([2H])c7c([2H])c65)c4[2H])c4ccccc34)c([2H])c2[2H])c([2H])c1[2H]. The van der Waals surface area contributed by atoms with E-state index in [1.165, 1.54) is 0 Å². The molecule has 0 unspecified atom stereocenters. The van der Waals surface area contributed by atoms with E-state index >= 15 is 0 Å². The molecule has 0 amide bonds. The summed E-state index contributed by atoms with van der Waals surface area (Å²) in [6.45, 7) is 0. The van der Waals surface area contributed by atoms with Crippen LogP contribution in [0.25, 0.3) is 98.8 Å². The van der Waals surface area contributed by atoms with E-state index in [1.807, 2.05) is 12.1 Å². The maximum atomic E-state index is 9.68. The van der Waals surface area contributed by atoms with Crippen molar-refractivity contribution in [3.63, 3.8) is 0 Å². The van der Waals surface area contributed by atoms with Crippen LogP contribution in [0.1, 0.15) is 24.7 Å². The fourth-order valence-electron chi connectivity index (χ4n) is 6.53. The highest BCUT2D eigenvalue weighted by Crippen LogP contribution is 2.47. The van der Waals surface area contributed by atoms with Crippen molar-refractivity contribution in [2.45, 2.75) is 0 Å². The van der Waals surface area contributed by atoms with Gasteiger partial charge in [-0.1, -0.05) is 157 Å². The van der Waals surface area contributed by atoms with E-state index < -0.39 is 114 Å². The summed E-state index contributed by atoms with van der Waals surface area (Å²) in [6.07, 6.45) is 0. The fourth-order valence-corrected chi connectivity index (χ4v) is 6.53. The first kappa shape index (κ1) is 15.2. The smallest absolute Gasteiger partial charge is 0.136 e. The number of rotatable bonds is 4. The molecule has 0 atom stereocenters. The molecule has 0 aliphatic carbocycles. The zero-order chi connectivity index (χ0) is 48.0. The molecule has 10 rings (SSSR count). The van der Waals surface area contributed by atoms with Gasteiger partial charge < -0.3 is 4.42 Å². The number of hydrogen-bond donors (Lipinski definition) is 0. The van der Waals surface area contributed by atoms with Crippen LogP contribution in [-0.4, -0.2) is 0 Å². The van der Waals surface area contributed by atoms with Crippen molar-refractivity contribution in [2.24, 2.45) is 0 Å². The molecule has 0 saturated heterocycles. The molecule has 0 saturated carbocycles. The van der Waals surface area contributed by atoms with Gasteiger partial charge in [0.05, 0.1) is 24.7 Å². The molecule has 0 N–H and O–H groups in total. The second-order valence-corrected chi connectivity index (χ2v) is 11.4. The summed E-state index contributed by atoms with van der Waals surface area (Å²) in [6, 6.07) is 11.0. The normalized spacial score (nSPS) is 16.8. The van der Waals surface area contributed by atoms with Crippen molar-refractivity contribution in [1.29, 1.82) is 0 Å². The third-order valence-electron chi connectivity index (χ3n) is 8.66. The van der Waals surface area contributed by atoms with Crippen LogP contribution in [0, 0.1) is 0 Å². The van der Waals surface area contributed by atoms with E-state index in [2.05, 4.69) is 0 Å². The van der Waals surface area contributed by atoms with Gasteiger partial charge in [0, 0.05) is 10.8 Å². The summed E-state index contributed by atoms with van der Waals surface area (Å²) in [7, 11) is 0. The van der Waals surface area contributed by atoms with Crippen LogP contribution in [0.4, 0.5) is 0 Å². The minimum atomic E-state index is -0.687. The number of fused-ring (bicyclic) bond motifs is 6. The summed E-state index contributed by atoms with van der Waals surface area (Å²) in [5, 5.41) is 1.40. The van der Waals surface area contributed by atoms with Crippen LogP contribution in [-0.2, 0) is 0 Å². The molecule has 228 valence electrons. The molecule has 0 radical (unpaired) electrons. The quantitative estimate of drug-likeness (QED) is 0.174. The summed E-state index contributed by atoms with van der Waals surface area (Å²) in [4.78, 5) is 0. The predicted octanol–water partition coefficient (Wildman–Crippen LogP) is 13.7. The lowest BCUT2D eigenvalue weighted by atomic mass is 9.83. The summed E-state index contributed by atoms with van der Waals surface area (Å²) < 4.78 is 165. The Morgan fingerprint density at radius 2 is 0.857 bits per heavy atom. The van der Waals surface area contributed by atoms with E-state index in [1.54, 1.807) is 60.7 Å². The Hall–Kier alpha value is -6.44. The first-order valence-electron chi connectivity index (χ1n) is 24.4. The lowest BCUT2D eigenvalue weighted by Gasteiger charge is -2.19. The maximum absolute atomic E-state index is 9.68. The Bertz CT molecular complexity index is 3800. The molecule has 1 nitrogen and oxygen atoms in total. The van der Waals surface area contributed by atoms with Gasteiger partial charge in [-0.3, -0.25) is 0 Å². The van der Waals surface area contributed by atoms with Gasteiger partial charge in [-0.25, -0.2) is 0 Å². The van der Waals surface area contributed by atoms with Gasteiger partial charge in [-0.15, -0.1) is 0 Å². The Morgan fingerprint density at radius 3 is 1.55 bits per heavy atom. The highest BCUT2D eigenvalue weighted by Gasteiger charge is 2.20. The minimum Gasteiger partial charge on any atom is -0.456 e. The molecule has 10 aromatic rings. The van der Waals surface area contributed by atoms with Crippen LogP contribution in [0.5, 0.6) is 0 Å². The highest BCUT2D eigenvalue weighted by molar-refractivity contribution is 6.23. The lowest BCUT2D eigenvalue weighted by molar-refractivity contribution is 0.669. The maximum Gasteiger partial charge on any atom is 0.136 e. The topological polar surface area (TPSA) is 13.1 Å². The van der Waals surface area contributed by atoms with Gasteiger partial charge in [-0.2, -0.15) is 0 Å². The second-order valence-electron chi connectivity index (χ2n) is 11.4. The zero-order valence-electron chi connectivity index (χ0n) is 43.3. The van der Waals surface area contributed by atoms with E-state index in [4.69, 9.17) is 22.2 Å². The Labute approximate surface area is 309 Å². The van der Waals surface area contributed by atoms with Crippen LogP contribution >= 0.6 is 0 Å². The summed E-state index contributed by atoms with van der Waals surface area (Å²) >= 11 is 0. The van der Waals surface area contributed by atoms with Crippen molar-refractivity contribution < 1.29 is 29.1 Å². The molecule has 49 heavy (non-hydrogen) atoms. The van der Waals surface area contributed by atoms with Crippen molar-refractivity contribution in [2.75, 3.05) is 0 Å². The van der Waals surface area contributed by atoms with E-state index in [9.17, 15) is 6.85 Å². The Kier molecular flexibility index (Phi) is 3.43. The van der Waals surface area contributed by atoms with Crippen molar-refractivity contribution in [1.82, 2.24) is 0 Å². The van der Waals surface area contributed by atoms with Gasteiger partial charge in [0.1, 0.15) is 11.2 Å². The van der Waals surface area contributed by atoms with Crippen LogP contribution < -0.4 is 0 Å². The zero-order valence-corrected chi connectivity index (χ0v) is 25.3. The standard InChI is InChI=1S/C48H30O/c1-2-12-31(13-3-1)32-22-24-33(25-23-32)37-16-6-7-17-39(37)48-42-20-10-8-18-40(42)47(41-19-9-11-21-43(41)48)36-26-27-38-44-28-34-14-4-5-15-35(34)29-46(44)49-45(38)30-36/h1-30H/i1D,2D,3D,4D,5D,12D,13D,14D,15D,22D,23D,24D,25D,26D,27D,28D,29D,30D. The molecule has 0 spiro atoms. The van der Waals surface area contributed by atoms with E-state index in [0.717, 1.165) is 0 Å². The number of hydrogen-bond acceptors (Lipinski definition) is 1. The first-order chi connectivity index (χ1) is 31.8. The highest BCUT2D eigenvalue weighted by atomic mass is 16.3. The number of furan rings is 1. The molecule has 9 aromatic carbocycles. The van der Waals surface area contributed by atoms with E-state index in [-0.39, 0.29) is 55.4 Å². The monoisotopic (exact) mass is 640 g/mol. The first-order valence-corrected chi connectivity index (χ1v) is 15.4. The Balaban J connectivity index is 1.27. The van der Waals surface area contributed by atoms with Crippen molar-refractivity contribution in [3.05, 3.63) is 182 Å². The molecule has 1 heterocycles. The van der Waals surface area contributed by atoms with Gasteiger partial charge in [0.2, 0.25) is 0 Å². The van der Waals surface area contributed by atoms with Gasteiger partial charge >= 0.3 is 0 Å². The summed E-state index contributed by atoms with van der Waals surface area (Å²) in [5.74, 6) is 0. The van der Waals surface area contributed by atoms with Crippen LogP contribution in [0.3, 0.4) is 0 Å². The van der Waals surface area contributed by atoms with Crippen molar-refractivity contribution >= 4 is 54.3 Å². The number of benzene rings is 9. The molecule has 0 bridgehead atoms. The largest absolute Gasteiger partial charge is 0.456 e. The average molecular weight is 641 g/mol. The van der Waals surface area contributed by atoms with E-state index in [0.29, 0.717) is 38.2 Å². The van der Waals surface area contributed by atoms with Gasteiger partial charge in [-0.05, 0) is 101 Å². The molecule has 0 fully saturated rings. The molecular formula is C48H30O. The van der Waals surface area contributed by atoms with Gasteiger partial charge in [0.15, 0.2) is 0 Å². The third kappa shape index (κ3) is 4.47. The molecule has 0 aliphatic heterocycles. The molecule has 1 heteroatoms. The van der Waals surface area contributed by atoms with Crippen molar-refractivity contribution in [3.8, 4) is 44.5 Å². The third-order valence-corrected chi connectivity index (χ3v) is 8.66. The summed E-state index contributed by atoms with van der Waals surface area (Å²) in [5.41, 5.74) is 0.165. The molecule has 1 aromatic heterocycles. The average Bonchev–Trinajstić information content (AvgIpc) is 3.74. The Morgan fingerprint density at radius 1 is 0.347 bits per heavy atom. The minimum absolute atomic E-state index is 0.0153. The molecular weight excluding hydrogens is 593 g/mol. The lowest BCUT2D eigenvalue weighted by Crippen LogP contribution is -1.92. The van der Waals surface area contributed by atoms with Gasteiger partial charge in [0.25, 0.3) is 0 Å². The second kappa shape index (κ2) is 11.1. The van der Waals surface area contributed by atoms with Crippen LogP contribution in [0.2, 0.25) is 0 Å².